The van der Waals surface area contributed by atoms with E-state index in [-0.39, 0.29) is 11.9 Å². The number of hydrogen-bond donors (Lipinski definition) is 1. The van der Waals surface area contributed by atoms with E-state index in [1.54, 1.807) is 0 Å². The van der Waals surface area contributed by atoms with Gasteiger partial charge in [-0.25, -0.2) is 8.42 Å². The molecule has 0 aromatic rings. The van der Waals surface area contributed by atoms with Gasteiger partial charge in [0.2, 0.25) is 15.9 Å². The summed E-state index contributed by atoms with van der Waals surface area (Å²) in [4.78, 5) is 12.3. The van der Waals surface area contributed by atoms with E-state index in [0.29, 0.717) is 13.0 Å². The lowest BCUT2D eigenvalue weighted by Crippen LogP contribution is -2.53. The highest BCUT2D eigenvalue weighted by atomic mass is 32.2. The van der Waals surface area contributed by atoms with Crippen LogP contribution in [0.2, 0.25) is 0 Å². The Morgan fingerprint density at radius 2 is 1.68 bits per heavy atom. The lowest BCUT2D eigenvalue weighted by molar-refractivity contribution is -0.126. The molecule has 1 aliphatic carbocycles. The lowest BCUT2D eigenvalue weighted by atomic mass is 9.95. The number of carbonyl (C=O) groups excluding carboxylic acids is 1. The molecule has 0 aromatic carbocycles. The van der Waals surface area contributed by atoms with Gasteiger partial charge in [0.25, 0.3) is 0 Å². The Labute approximate surface area is 115 Å². The zero-order valence-corrected chi connectivity index (χ0v) is 12.4. The molecule has 1 atom stereocenters. The maximum Gasteiger partial charge on any atom is 0.238 e. The first-order chi connectivity index (χ1) is 8.98. The van der Waals surface area contributed by atoms with Crippen LogP contribution in [0, 0.1) is 0 Å². The minimum absolute atomic E-state index is 0.1000. The van der Waals surface area contributed by atoms with E-state index in [2.05, 4.69) is 5.32 Å². The van der Waals surface area contributed by atoms with Crippen molar-refractivity contribution in [3.8, 4) is 0 Å². The summed E-state index contributed by atoms with van der Waals surface area (Å²) < 4.78 is 24.8. The van der Waals surface area contributed by atoms with E-state index in [1.165, 1.54) is 17.0 Å². The van der Waals surface area contributed by atoms with Crippen molar-refractivity contribution in [1.82, 2.24) is 9.62 Å². The van der Waals surface area contributed by atoms with E-state index >= 15 is 0 Å². The van der Waals surface area contributed by atoms with Gasteiger partial charge < -0.3 is 5.32 Å². The van der Waals surface area contributed by atoms with Crippen LogP contribution >= 0.6 is 0 Å². The zero-order chi connectivity index (χ0) is 13.9. The fourth-order valence-corrected chi connectivity index (χ4v) is 4.23. The van der Waals surface area contributed by atoms with Gasteiger partial charge in [-0.15, -0.1) is 0 Å². The number of rotatable bonds is 3. The van der Waals surface area contributed by atoms with Crippen molar-refractivity contribution in [1.29, 1.82) is 0 Å². The number of sulfonamides is 1. The van der Waals surface area contributed by atoms with Gasteiger partial charge in [0.05, 0.1) is 6.26 Å². The van der Waals surface area contributed by atoms with Gasteiger partial charge in [0.1, 0.15) is 6.04 Å². The van der Waals surface area contributed by atoms with Gasteiger partial charge >= 0.3 is 0 Å². The molecule has 1 N–H and O–H groups in total. The molecular formula is C13H24N2O3S. The van der Waals surface area contributed by atoms with E-state index in [9.17, 15) is 13.2 Å². The Kier molecular flexibility index (Phi) is 4.84. The Hall–Kier alpha value is -0.620. The van der Waals surface area contributed by atoms with Gasteiger partial charge in [-0.1, -0.05) is 25.7 Å². The van der Waals surface area contributed by atoms with Crippen LogP contribution in [0.25, 0.3) is 0 Å². The van der Waals surface area contributed by atoms with Crippen LogP contribution in [0.5, 0.6) is 0 Å². The van der Waals surface area contributed by atoms with Gasteiger partial charge in [0, 0.05) is 12.6 Å². The third-order valence-electron chi connectivity index (χ3n) is 4.13. The first-order valence-corrected chi connectivity index (χ1v) is 9.10. The molecule has 0 aromatic heterocycles. The van der Waals surface area contributed by atoms with Crippen molar-refractivity contribution >= 4 is 15.9 Å². The Morgan fingerprint density at radius 3 is 2.32 bits per heavy atom. The highest BCUT2D eigenvalue weighted by molar-refractivity contribution is 7.88. The van der Waals surface area contributed by atoms with Crippen molar-refractivity contribution < 1.29 is 13.2 Å². The van der Waals surface area contributed by atoms with Gasteiger partial charge in [-0.2, -0.15) is 4.31 Å². The Bertz CT molecular complexity index is 416. The molecule has 0 bridgehead atoms. The minimum Gasteiger partial charge on any atom is -0.352 e. The van der Waals surface area contributed by atoms with Crippen LogP contribution in [0.4, 0.5) is 0 Å². The number of hydrogen-bond acceptors (Lipinski definition) is 3. The Balaban J connectivity index is 1.99. The van der Waals surface area contributed by atoms with E-state index in [1.807, 2.05) is 0 Å². The molecule has 1 saturated heterocycles. The van der Waals surface area contributed by atoms with Crippen LogP contribution in [0.1, 0.15) is 51.4 Å². The molecule has 19 heavy (non-hydrogen) atoms. The third-order valence-corrected chi connectivity index (χ3v) is 5.42. The number of amides is 1. The summed E-state index contributed by atoms with van der Waals surface area (Å²) in [5.74, 6) is -0.1000. The monoisotopic (exact) mass is 288 g/mol. The van der Waals surface area contributed by atoms with Crippen LogP contribution in [0.3, 0.4) is 0 Å². The molecule has 2 fully saturated rings. The summed E-state index contributed by atoms with van der Waals surface area (Å²) in [6.07, 6.45) is 9.22. The standard InChI is InChI=1S/C13H24N2O3S/c1-19(17,18)15-10-6-5-9-12(15)13(16)14-11-7-3-2-4-8-11/h11-12H,2-10H2,1H3,(H,14,16)/t12-/m0/s1. The van der Waals surface area contributed by atoms with E-state index < -0.39 is 16.1 Å². The normalized spacial score (nSPS) is 27.1. The van der Waals surface area contributed by atoms with E-state index in [4.69, 9.17) is 0 Å². The molecule has 110 valence electrons. The average molecular weight is 288 g/mol. The largest absolute Gasteiger partial charge is 0.352 e. The summed E-state index contributed by atoms with van der Waals surface area (Å²) >= 11 is 0. The van der Waals surface area contributed by atoms with Crippen LogP contribution in [0.15, 0.2) is 0 Å². The van der Waals surface area contributed by atoms with E-state index in [0.717, 1.165) is 38.5 Å². The van der Waals surface area contributed by atoms with Crippen molar-refractivity contribution in [2.24, 2.45) is 0 Å². The lowest BCUT2D eigenvalue weighted by Gasteiger charge is -2.34. The highest BCUT2D eigenvalue weighted by Crippen LogP contribution is 2.22. The van der Waals surface area contributed by atoms with Gasteiger partial charge in [-0.3, -0.25) is 4.79 Å². The molecule has 1 saturated carbocycles. The Morgan fingerprint density at radius 1 is 1.05 bits per heavy atom. The van der Waals surface area contributed by atoms with Crippen molar-refractivity contribution in [2.45, 2.75) is 63.5 Å². The molecule has 5 nitrogen and oxygen atoms in total. The molecule has 0 spiro atoms. The predicted octanol–water partition coefficient (Wildman–Crippen LogP) is 1.25. The number of nitrogens with one attached hydrogen (secondary N) is 1. The molecule has 1 aliphatic heterocycles. The first kappa shape index (κ1) is 14.8. The fraction of sp³-hybridized carbons (Fsp3) is 0.923. The fourth-order valence-electron chi connectivity index (χ4n) is 3.11. The first-order valence-electron chi connectivity index (χ1n) is 7.25. The van der Waals surface area contributed by atoms with Crippen molar-refractivity contribution in [3.05, 3.63) is 0 Å². The van der Waals surface area contributed by atoms with Crippen LogP contribution < -0.4 is 5.32 Å². The summed E-state index contributed by atoms with van der Waals surface area (Å²) in [6.45, 7) is 0.474. The zero-order valence-electron chi connectivity index (χ0n) is 11.6. The second-order valence-corrected chi connectivity index (χ2v) is 7.66. The van der Waals surface area contributed by atoms with Crippen molar-refractivity contribution in [2.75, 3.05) is 12.8 Å². The predicted molar refractivity (Wildman–Crippen MR) is 74.2 cm³/mol. The molecule has 1 heterocycles. The second kappa shape index (κ2) is 6.22. The smallest absolute Gasteiger partial charge is 0.238 e. The highest BCUT2D eigenvalue weighted by Gasteiger charge is 2.35. The summed E-state index contributed by atoms with van der Waals surface area (Å²) in [5, 5.41) is 3.05. The van der Waals surface area contributed by atoms with Crippen LogP contribution in [-0.2, 0) is 14.8 Å². The maximum absolute atomic E-state index is 12.3. The topological polar surface area (TPSA) is 66.5 Å². The number of carbonyl (C=O) groups is 1. The van der Waals surface area contributed by atoms with Crippen molar-refractivity contribution in [3.63, 3.8) is 0 Å². The number of nitrogens with zero attached hydrogens (tertiary/aromatic N) is 1. The molecular weight excluding hydrogens is 264 g/mol. The maximum atomic E-state index is 12.3. The third kappa shape index (κ3) is 3.92. The molecule has 2 aliphatic rings. The summed E-state index contributed by atoms with van der Waals surface area (Å²) in [6, 6.07) is -0.254. The molecule has 0 radical (unpaired) electrons. The minimum atomic E-state index is -3.29. The molecule has 2 rings (SSSR count). The van der Waals surface area contributed by atoms with Gasteiger partial charge in [-0.05, 0) is 25.7 Å². The molecule has 6 heteroatoms. The van der Waals surface area contributed by atoms with Gasteiger partial charge in [0.15, 0.2) is 0 Å². The molecule has 0 unspecified atom stereocenters. The van der Waals surface area contributed by atoms with Crippen LogP contribution in [-0.4, -0.2) is 43.5 Å². The summed E-state index contributed by atoms with van der Waals surface area (Å²) in [7, 11) is -3.29. The summed E-state index contributed by atoms with van der Waals surface area (Å²) in [5.41, 5.74) is 0. The number of piperidine rings is 1. The quantitative estimate of drug-likeness (QED) is 0.850. The SMILES string of the molecule is CS(=O)(=O)N1CCCC[C@H]1C(=O)NC1CCCCC1. The second-order valence-electron chi connectivity index (χ2n) is 5.73. The average Bonchev–Trinajstić information content (AvgIpc) is 2.39. The molecule has 1 amide bonds.